The van der Waals surface area contributed by atoms with Crippen LogP contribution in [-0.4, -0.2) is 151 Å². The van der Waals surface area contributed by atoms with Gasteiger partial charge in [-0.3, -0.25) is 28.5 Å². The number of hydrogen-bond donors (Lipinski definition) is 5. The fraction of sp³-hybridized carbons (Fsp3) is 0.587. The van der Waals surface area contributed by atoms with Gasteiger partial charge in [0.1, 0.15) is 11.7 Å². The lowest BCUT2D eigenvalue weighted by molar-refractivity contribution is -0.228. The lowest BCUT2D eigenvalue weighted by Crippen LogP contribution is -2.81. The van der Waals surface area contributed by atoms with Crippen molar-refractivity contribution < 1.29 is 61.1 Å². The number of rotatable bonds is 7. The van der Waals surface area contributed by atoms with E-state index >= 15 is 0 Å². The first kappa shape index (κ1) is 46.0. The Morgan fingerprint density at radius 3 is 2.34 bits per heavy atom. The second-order valence-corrected chi connectivity index (χ2v) is 19.4. The highest BCUT2D eigenvalue weighted by Gasteiger charge is 2.80. The molecule has 0 radical (unpaired) electrons. The fourth-order valence-corrected chi connectivity index (χ4v) is 13.4. The summed E-state index contributed by atoms with van der Waals surface area (Å²) in [5.74, 6) is -2.80. The molecular formula is C46H60N4O13S. The molecule has 18 heteroatoms. The van der Waals surface area contributed by atoms with E-state index in [4.69, 9.17) is 36.5 Å². The minimum Gasteiger partial charge on any atom is -0.496 e. The van der Waals surface area contributed by atoms with Gasteiger partial charge in [-0.2, -0.15) is 8.42 Å². The van der Waals surface area contributed by atoms with E-state index in [1.54, 1.807) is 7.11 Å². The highest BCUT2D eigenvalue weighted by Crippen LogP contribution is 2.68. The van der Waals surface area contributed by atoms with Crippen LogP contribution in [-0.2, 0) is 50.8 Å². The summed E-state index contributed by atoms with van der Waals surface area (Å²) in [6.07, 6.45) is 5.66. The Morgan fingerprint density at radius 1 is 0.984 bits per heavy atom. The molecule has 1 spiro atoms. The van der Waals surface area contributed by atoms with E-state index < -0.39 is 68.4 Å². The number of nitrogens with zero attached hydrogens (tertiary/aromatic N) is 3. The number of likely N-dealkylation sites (N-methyl/N-ethyl adjacent to an activating group) is 1. The molecule has 2 bridgehead atoms. The van der Waals surface area contributed by atoms with Crippen molar-refractivity contribution in [1.29, 1.82) is 0 Å². The third kappa shape index (κ3) is 6.93. The van der Waals surface area contributed by atoms with Gasteiger partial charge in [0.2, 0.25) is 5.60 Å². The number of carbonyl (C=O) groups is 3. The maximum atomic E-state index is 14.7. The number of carbonyl (C=O) groups excluding carboxylic acids is 3. The molecule has 1 aromatic heterocycles. The number of anilines is 1. The van der Waals surface area contributed by atoms with Crippen molar-refractivity contribution in [3.05, 3.63) is 70.9 Å². The number of benzene rings is 2. The minimum absolute atomic E-state index is 0.200. The van der Waals surface area contributed by atoms with Crippen molar-refractivity contribution in [2.75, 3.05) is 66.0 Å². The molecule has 1 aliphatic carbocycles. The maximum absolute atomic E-state index is 14.7. The van der Waals surface area contributed by atoms with Crippen LogP contribution in [0.2, 0.25) is 0 Å². The van der Waals surface area contributed by atoms with Gasteiger partial charge in [0.15, 0.2) is 6.10 Å². The second-order valence-electron chi connectivity index (χ2n) is 18.6. The molecule has 6 heterocycles. The van der Waals surface area contributed by atoms with Crippen LogP contribution in [0.1, 0.15) is 80.7 Å². The molecule has 17 nitrogen and oxygen atoms in total. The molecule has 9 rings (SSSR count). The minimum atomic E-state index is -4.67. The van der Waals surface area contributed by atoms with Gasteiger partial charge < -0.3 is 39.0 Å². The molecule has 64 heavy (non-hydrogen) atoms. The molecule has 2 aromatic carbocycles. The Bertz CT molecular complexity index is 2490. The first-order valence-electron chi connectivity index (χ1n) is 21.9. The van der Waals surface area contributed by atoms with Gasteiger partial charge >= 0.3 is 28.3 Å². The Morgan fingerprint density at radius 2 is 1.70 bits per heavy atom. The summed E-state index contributed by atoms with van der Waals surface area (Å²) >= 11 is 0. The van der Waals surface area contributed by atoms with Crippen molar-refractivity contribution in [2.24, 2.45) is 11.3 Å². The van der Waals surface area contributed by atoms with Crippen LogP contribution in [0.5, 0.6) is 5.75 Å². The predicted octanol–water partition coefficient (Wildman–Crippen LogP) is 3.53. The van der Waals surface area contributed by atoms with Gasteiger partial charge in [0.05, 0.1) is 33.0 Å². The van der Waals surface area contributed by atoms with Crippen molar-refractivity contribution in [2.45, 2.75) is 99.5 Å². The normalized spacial score (nSPS) is 35.0. The summed E-state index contributed by atoms with van der Waals surface area (Å²) < 4.78 is 55.3. The topological polar surface area (TPSA) is 229 Å². The van der Waals surface area contributed by atoms with E-state index in [-0.39, 0.29) is 17.9 Å². The SMILES string of the molecule is CCC1(O)CC2CN(CCc3c([nH]c4ccccc34)[C@H](C(=O)OC)C2c2cc3c(cc2OC)N(C)C2[C@]34CCN3CC=C[C@@](CC)([C@@H](OC(C)=O)[C@]2(O)C(=O)OC)[C@H]34)C1.O=S(=O)(O)O. The number of piperidine rings is 1. The van der Waals surface area contributed by atoms with Crippen molar-refractivity contribution in [3.63, 3.8) is 0 Å². The largest absolute Gasteiger partial charge is 0.496 e. The zero-order chi connectivity index (χ0) is 46.3. The van der Waals surface area contributed by atoms with Gasteiger partial charge in [0.25, 0.3) is 0 Å². The van der Waals surface area contributed by atoms with Crippen LogP contribution >= 0.6 is 0 Å². The average molecular weight is 909 g/mol. The Hall–Kier alpha value is -4.56. The molecule has 5 unspecified atom stereocenters. The number of fused-ring (bicyclic) bond motifs is 6. The highest BCUT2D eigenvalue weighted by molar-refractivity contribution is 7.79. The molecule has 348 valence electrons. The molecule has 5 N–H and O–H groups in total. The summed E-state index contributed by atoms with van der Waals surface area (Å²) in [4.78, 5) is 52.5. The van der Waals surface area contributed by atoms with Gasteiger partial charge in [0, 0.05) is 91.3 Å². The number of para-hydroxylation sites is 1. The second kappa shape index (κ2) is 16.4. The standard InChI is InChI=1S/C46H58N4O9.H2O4S/c1-8-43(54)23-27-24-49(25-43)19-15-29-28-13-10-11-14-32(28)47-37(29)36(38(52)57-6)35(27)30-21-31-33(22-34(30)56-5)48(4)40-45(31)17-20-50-18-12-16-44(9-2,39(45)50)41(59-26(3)51)46(40,55)42(53)58-7;1-5(2,3)4/h10-14,16,21-22,27,35-36,39-41,47,54-55H,8-9,15,17-20,23-25H2,1-7H3;(H2,1,2,3,4)/t27?,35?,36-,39+,40?,41-,43?,44-,45-,46+;/m1./s1. The first-order chi connectivity index (χ1) is 30.3. The Labute approximate surface area is 373 Å². The first-order valence-corrected chi connectivity index (χ1v) is 23.3. The molecule has 2 saturated heterocycles. The van der Waals surface area contributed by atoms with Gasteiger partial charge in [-0.25, -0.2) is 4.79 Å². The summed E-state index contributed by atoms with van der Waals surface area (Å²) in [6, 6.07) is 11.2. The molecule has 0 amide bonds. The fourth-order valence-electron chi connectivity index (χ4n) is 13.4. The van der Waals surface area contributed by atoms with E-state index in [2.05, 4.69) is 39.1 Å². The molecular weight excluding hydrogens is 849 g/mol. The quantitative estimate of drug-likeness (QED) is 0.0989. The Kier molecular flexibility index (Phi) is 11.8. The molecule has 3 fully saturated rings. The van der Waals surface area contributed by atoms with E-state index in [1.165, 1.54) is 21.1 Å². The lowest BCUT2D eigenvalue weighted by Gasteiger charge is -2.63. The Balaban J connectivity index is 0.00000106. The van der Waals surface area contributed by atoms with E-state index in [9.17, 15) is 24.6 Å². The monoisotopic (exact) mass is 908 g/mol. The summed E-state index contributed by atoms with van der Waals surface area (Å²) in [5, 5.41) is 26.6. The van der Waals surface area contributed by atoms with Crippen molar-refractivity contribution in [1.82, 2.24) is 14.8 Å². The number of aromatic amines is 1. The van der Waals surface area contributed by atoms with Crippen LogP contribution in [0.4, 0.5) is 5.69 Å². The van der Waals surface area contributed by atoms with Crippen LogP contribution in [0.3, 0.4) is 0 Å². The third-order valence-electron chi connectivity index (χ3n) is 15.6. The molecule has 5 aliphatic heterocycles. The molecule has 1 saturated carbocycles. The van der Waals surface area contributed by atoms with Gasteiger partial charge in [-0.15, -0.1) is 0 Å². The number of methoxy groups -OCH3 is 3. The number of esters is 3. The van der Waals surface area contributed by atoms with E-state index in [0.717, 1.165) is 39.0 Å². The molecule has 11 atom stereocenters. The average Bonchev–Trinajstić information content (AvgIpc) is 3.91. The number of ether oxygens (including phenoxy) is 4. The number of aliphatic hydroxyl groups is 2. The van der Waals surface area contributed by atoms with Crippen LogP contribution < -0.4 is 9.64 Å². The van der Waals surface area contributed by atoms with Crippen LogP contribution in [0.25, 0.3) is 10.9 Å². The van der Waals surface area contributed by atoms with Crippen LogP contribution in [0, 0.1) is 11.3 Å². The van der Waals surface area contributed by atoms with Crippen molar-refractivity contribution in [3.8, 4) is 5.75 Å². The maximum Gasteiger partial charge on any atom is 0.394 e. The predicted molar refractivity (Wildman–Crippen MR) is 235 cm³/mol. The lowest BCUT2D eigenvalue weighted by atomic mass is 9.47. The summed E-state index contributed by atoms with van der Waals surface area (Å²) in [5.41, 5.74) is 0.247. The number of H-pyrrole nitrogens is 1. The zero-order valence-electron chi connectivity index (χ0n) is 37.4. The highest BCUT2D eigenvalue weighted by atomic mass is 32.3. The van der Waals surface area contributed by atoms with E-state index in [0.29, 0.717) is 70.6 Å². The molecule has 6 aliphatic rings. The van der Waals surface area contributed by atoms with Crippen LogP contribution in [0.15, 0.2) is 48.6 Å². The van der Waals surface area contributed by atoms with E-state index in [1.807, 2.05) is 50.1 Å². The zero-order valence-corrected chi connectivity index (χ0v) is 38.2. The number of aromatic nitrogens is 1. The summed E-state index contributed by atoms with van der Waals surface area (Å²) in [6.45, 7) is 8.60. The van der Waals surface area contributed by atoms with Gasteiger partial charge in [-0.05, 0) is 73.4 Å². The number of nitrogens with one attached hydrogen (secondary N) is 1. The molecule has 3 aromatic rings. The number of hydrogen-bond acceptors (Lipinski definition) is 14. The van der Waals surface area contributed by atoms with Gasteiger partial charge in [-0.1, -0.05) is 44.2 Å². The third-order valence-corrected chi connectivity index (χ3v) is 15.6. The smallest absolute Gasteiger partial charge is 0.394 e. The van der Waals surface area contributed by atoms with Crippen molar-refractivity contribution >= 4 is 44.9 Å². The summed E-state index contributed by atoms with van der Waals surface area (Å²) in [7, 11) is 1.54.